The molecule has 5 heteroatoms. The molecule has 0 amide bonds. The number of para-hydroxylation sites is 1. The van der Waals surface area contributed by atoms with E-state index in [9.17, 15) is 4.39 Å². The van der Waals surface area contributed by atoms with Gasteiger partial charge in [-0.15, -0.1) is 0 Å². The van der Waals surface area contributed by atoms with E-state index in [2.05, 4.69) is 15.0 Å². The number of benzene rings is 1. The average molecular weight is 295 g/mol. The molecule has 0 aliphatic rings. The maximum absolute atomic E-state index is 13.5. The zero-order chi connectivity index (χ0) is 15.4. The Morgan fingerprint density at radius 3 is 2.64 bits per heavy atom. The molecule has 0 aliphatic heterocycles. The molecular weight excluding hydrogens is 281 g/mol. The van der Waals surface area contributed by atoms with E-state index < -0.39 is 5.82 Å². The predicted molar refractivity (Wildman–Crippen MR) is 80.7 cm³/mol. The summed E-state index contributed by atoms with van der Waals surface area (Å²) in [6.45, 7) is 2.05. The highest BCUT2D eigenvalue weighted by Crippen LogP contribution is 2.18. The number of ether oxygens (including phenoxy) is 1. The second kappa shape index (κ2) is 6.30. The molecule has 0 atom stereocenters. The van der Waals surface area contributed by atoms with Gasteiger partial charge in [0.25, 0.3) is 0 Å². The minimum absolute atomic E-state index is 0.171. The van der Waals surface area contributed by atoms with E-state index in [0.717, 1.165) is 5.69 Å². The van der Waals surface area contributed by atoms with Gasteiger partial charge in [0, 0.05) is 11.9 Å². The third kappa shape index (κ3) is 3.25. The molecule has 0 unspecified atom stereocenters. The van der Waals surface area contributed by atoms with Crippen molar-refractivity contribution in [2.45, 2.75) is 13.5 Å². The van der Waals surface area contributed by atoms with Gasteiger partial charge in [-0.25, -0.2) is 14.4 Å². The lowest BCUT2D eigenvalue weighted by Gasteiger charge is -2.08. The molecule has 0 saturated carbocycles. The molecule has 3 aromatic rings. The van der Waals surface area contributed by atoms with Crippen molar-refractivity contribution in [2.75, 3.05) is 0 Å². The van der Waals surface area contributed by atoms with Crippen molar-refractivity contribution in [3.05, 3.63) is 71.9 Å². The van der Waals surface area contributed by atoms with E-state index in [1.165, 1.54) is 6.07 Å². The molecule has 0 bridgehead atoms. The minimum Gasteiger partial charge on any atom is -0.484 e. The van der Waals surface area contributed by atoms with Gasteiger partial charge in [0.2, 0.25) is 0 Å². The van der Waals surface area contributed by atoms with Crippen molar-refractivity contribution in [2.24, 2.45) is 0 Å². The van der Waals surface area contributed by atoms with Crippen LogP contribution in [0.3, 0.4) is 0 Å². The summed E-state index contributed by atoms with van der Waals surface area (Å²) in [4.78, 5) is 13.0. The molecule has 0 radical (unpaired) electrons. The highest BCUT2D eigenvalue weighted by Gasteiger charge is 2.08. The van der Waals surface area contributed by atoms with E-state index in [4.69, 9.17) is 4.74 Å². The third-order valence-electron chi connectivity index (χ3n) is 3.01. The summed E-state index contributed by atoms with van der Waals surface area (Å²) < 4.78 is 19.0. The van der Waals surface area contributed by atoms with Gasteiger partial charge in [-0.2, -0.15) is 0 Å². The Labute approximate surface area is 127 Å². The number of aromatic nitrogens is 3. The summed E-state index contributed by atoms with van der Waals surface area (Å²) in [7, 11) is 0. The quantitative estimate of drug-likeness (QED) is 0.738. The van der Waals surface area contributed by atoms with E-state index in [0.29, 0.717) is 17.2 Å². The Morgan fingerprint density at radius 1 is 1.05 bits per heavy atom. The van der Waals surface area contributed by atoms with Crippen LogP contribution in [0.2, 0.25) is 0 Å². The minimum atomic E-state index is -0.391. The van der Waals surface area contributed by atoms with Gasteiger partial charge in [0.05, 0.1) is 5.69 Å². The molecule has 0 aliphatic carbocycles. The van der Waals surface area contributed by atoms with E-state index in [1.807, 2.05) is 31.2 Å². The summed E-state index contributed by atoms with van der Waals surface area (Å²) in [5.74, 6) is 0.351. The fraction of sp³-hybridized carbons (Fsp3) is 0.118. The highest BCUT2D eigenvalue weighted by molar-refractivity contribution is 5.48. The van der Waals surface area contributed by atoms with Gasteiger partial charge in [0.15, 0.2) is 17.4 Å². The lowest BCUT2D eigenvalue weighted by atomic mass is 10.3. The van der Waals surface area contributed by atoms with Crippen LogP contribution in [0.1, 0.15) is 11.4 Å². The molecule has 0 spiro atoms. The predicted octanol–water partition coefficient (Wildman–Crippen LogP) is 3.57. The highest BCUT2D eigenvalue weighted by atomic mass is 19.1. The molecule has 0 fully saturated rings. The molecule has 22 heavy (non-hydrogen) atoms. The van der Waals surface area contributed by atoms with Crippen LogP contribution in [0.4, 0.5) is 4.39 Å². The largest absolute Gasteiger partial charge is 0.484 e. The Hall–Kier alpha value is -2.82. The van der Waals surface area contributed by atoms with Gasteiger partial charge < -0.3 is 4.74 Å². The maximum Gasteiger partial charge on any atom is 0.178 e. The number of hydrogen-bond donors (Lipinski definition) is 0. The summed E-state index contributed by atoms with van der Waals surface area (Å²) in [6, 6.07) is 13.7. The fourth-order valence-corrected chi connectivity index (χ4v) is 2.03. The van der Waals surface area contributed by atoms with E-state index in [1.54, 1.807) is 24.4 Å². The van der Waals surface area contributed by atoms with Gasteiger partial charge in [0.1, 0.15) is 12.3 Å². The van der Waals surface area contributed by atoms with E-state index in [-0.39, 0.29) is 12.4 Å². The second-order valence-electron chi connectivity index (χ2n) is 4.76. The first-order chi connectivity index (χ1) is 10.7. The molecule has 0 N–H and O–H groups in total. The number of aryl methyl sites for hydroxylation is 1. The van der Waals surface area contributed by atoms with Crippen LogP contribution in [0.5, 0.6) is 5.75 Å². The average Bonchev–Trinajstić information content (AvgIpc) is 2.54. The van der Waals surface area contributed by atoms with Crippen LogP contribution in [-0.2, 0) is 6.61 Å². The molecule has 2 aromatic heterocycles. The number of pyridine rings is 1. The standard InChI is InChI=1S/C17H14FN3O/c1-12-10-13(11-22-16-8-3-2-6-14(16)18)21-17(20-12)15-7-4-5-9-19-15/h2-10H,11H2,1H3. The fourth-order valence-electron chi connectivity index (χ4n) is 2.03. The van der Waals surface area contributed by atoms with Gasteiger partial charge in [-0.05, 0) is 37.3 Å². The number of nitrogens with zero attached hydrogens (tertiary/aromatic N) is 3. The van der Waals surface area contributed by atoms with Gasteiger partial charge in [-0.3, -0.25) is 4.98 Å². The second-order valence-corrected chi connectivity index (χ2v) is 4.76. The van der Waals surface area contributed by atoms with Crippen molar-refractivity contribution in [1.82, 2.24) is 15.0 Å². The maximum atomic E-state index is 13.5. The summed E-state index contributed by atoms with van der Waals surface area (Å²) in [5.41, 5.74) is 2.18. The normalized spacial score (nSPS) is 10.5. The van der Waals surface area contributed by atoms with Crippen molar-refractivity contribution in [1.29, 1.82) is 0 Å². The molecule has 1 aromatic carbocycles. The lowest BCUT2D eigenvalue weighted by Crippen LogP contribution is -2.03. The first kappa shape index (κ1) is 14.1. The Balaban J connectivity index is 1.83. The third-order valence-corrected chi connectivity index (χ3v) is 3.01. The van der Waals surface area contributed by atoms with Crippen LogP contribution in [0, 0.1) is 12.7 Å². The van der Waals surface area contributed by atoms with Crippen LogP contribution in [0.15, 0.2) is 54.7 Å². The van der Waals surface area contributed by atoms with Crippen LogP contribution >= 0.6 is 0 Å². The zero-order valence-electron chi connectivity index (χ0n) is 12.0. The summed E-state index contributed by atoms with van der Waals surface area (Å²) >= 11 is 0. The Morgan fingerprint density at radius 2 is 1.86 bits per heavy atom. The van der Waals surface area contributed by atoms with Crippen molar-refractivity contribution in [3.8, 4) is 17.3 Å². The monoisotopic (exact) mass is 295 g/mol. The molecule has 0 saturated heterocycles. The van der Waals surface area contributed by atoms with Crippen LogP contribution < -0.4 is 4.74 Å². The Kier molecular flexibility index (Phi) is 4.05. The lowest BCUT2D eigenvalue weighted by molar-refractivity contribution is 0.286. The SMILES string of the molecule is Cc1cc(COc2ccccc2F)nc(-c2ccccn2)n1. The van der Waals surface area contributed by atoms with Crippen molar-refractivity contribution >= 4 is 0 Å². The molecule has 3 rings (SSSR count). The zero-order valence-corrected chi connectivity index (χ0v) is 12.0. The molecule has 2 heterocycles. The van der Waals surface area contributed by atoms with Crippen molar-refractivity contribution < 1.29 is 9.13 Å². The van der Waals surface area contributed by atoms with Crippen LogP contribution in [0.25, 0.3) is 11.5 Å². The molecule has 110 valence electrons. The van der Waals surface area contributed by atoms with Gasteiger partial charge in [-0.1, -0.05) is 18.2 Å². The van der Waals surface area contributed by atoms with Crippen LogP contribution in [-0.4, -0.2) is 15.0 Å². The van der Waals surface area contributed by atoms with Gasteiger partial charge >= 0.3 is 0 Å². The first-order valence-electron chi connectivity index (χ1n) is 6.85. The number of halogens is 1. The summed E-state index contributed by atoms with van der Waals surface area (Å²) in [5, 5.41) is 0. The topological polar surface area (TPSA) is 47.9 Å². The molecule has 4 nitrogen and oxygen atoms in total. The Bertz CT molecular complexity index is 778. The van der Waals surface area contributed by atoms with E-state index >= 15 is 0 Å². The van der Waals surface area contributed by atoms with Crippen molar-refractivity contribution in [3.63, 3.8) is 0 Å². The smallest absolute Gasteiger partial charge is 0.178 e. The number of hydrogen-bond acceptors (Lipinski definition) is 4. The molecular formula is C17H14FN3O. The first-order valence-corrected chi connectivity index (χ1v) is 6.85. The number of rotatable bonds is 4. The summed E-state index contributed by atoms with van der Waals surface area (Å²) in [6.07, 6.45) is 1.69.